The highest BCUT2D eigenvalue weighted by atomic mass is 14.2. The second kappa shape index (κ2) is 15.0. The van der Waals surface area contributed by atoms with Crippen molar-refractivity contribution in [1.82, 2.24) is 0 Å². The molecule has 0 aliphatic rings. The Morgan fingerprint density at radius 3 is 1.72 bits per heavy atom. The zero-order valence-corrected chi connectivity index (χ0v) is 16.7. The van der Waals surface area contributed by atoms with Crippen LogP contribution in [0.5, 0.6) is 0 Å². The summed E-state index contributed by atoms with van der Waals surface area (Å²) in [6, 6.07) is 11.3. The smallest absolute Gasteiger partial charge is 0.0621 e. The van der Waals surface area contributed by atoms with Gasteiger partial charge in [0.1, 0.15) is 0 Å². The maximum absolute atomic E-state index is 8.52. The van der Waals surface area contributed by atoms with Crippen LogP contribution in [0, 0.1) is 17.2 Å². The Balaban J connectivity index is 2.14. The zero-order valence-electron chi connectivity index (χ0n) is 16.7. The molecular weight excluding hydrogens is 302 g/mol. The fraction of sp³-hybridized carbons (Fsp3) is 0.708. The molecule has 0 bridgehead atoms. The van der Waals surface area contributed by atoms with Gasteiger partial charge in [-0.15, -0.1) is 0 Å². The van der Waals surface area contributed by atoms with Gasteiger partial charge in [-0.1, -0.05) is 89.5 Å². The lowest BCUT2D eigenvalue weighted by Crippen LogP contribution is -1.96. The molecule has 0 atom stereocenters. The van der Waals surface area contributed by atoms with Crippen LogP contribution in [0.3, 0.4) is 0 Å². The topological polar surface area (TPSA) is 23.8 Å². The van der Waals surface area contributed by atoms with Gasteiger partial charge in [-0.2, -0.15) is 5.26 Å². The highest BCUT2D eigenvalue weighted by Crippen LogP contribution is 2.18. The first-order valence-electron chi connectivity index (χ1n) is 10.7. The molecule has 25 heavy (non-hydrogen) atoms. The Hall–Kier alpha value is -1.29. The van der Waals surface area contributed by atoms with Crippen molar-refractivity contribution in [3.05, 3.63) is 35.4 Å². The first-order chi connectivity index (χ1) is 12.2. The average Bonchev–Trinajstić information content (AvgIpc) is 2.61. The minimum atomic E-state index is 0.730. The van der Waals surface area contributed by atoms with Crippen molar-refractivity contribution in [3.63, 3.8) is 0 Å². The standard InChI is InChI=1S/C24H39N/c1-22(2)16-10-9-12-18-24-20-14-13-19-23(24)17-11-7-5-3-4-6-8-15-21-25/h13-14,19-20,22H,3-12,15-18H2,1-2H3. The van der Waals surface area contributed by atoms with E-state index in [2.05, 4.69) is 44.2 Å². The minimum absolute atomic E-state index is 0.730. The van der Waals surface area contributed by atoms with Gasteiger partial charge in [-0.3, -0.25) is 0 Å². The molecule has 0 radical (unpaired) electrons. The van der Waals surface area contributed by atoms with Crippen molar-refractivity contribution < 1.29 is 0 Å². The summed E-state index contributed by atoms with van der Waals surface area (Å²) >= 11 is 0. The van der Waals surface area contributed by atoms with Crippen LogP contribution in [0.1, 0.15) is 102 Å². The predicted molar refractivity (Wildman–Crippen MR) is 110 cm³/mol. The summed E-state index contributed by atoms with van der Waals surface area (Å²) in [5.41, 5.74) is 3.17. The molecule has 0 N–H and O–H groups in total. The number of hydrogen-bond acceptors (Lipinski definition) is 1. The van der Waals surface area contributed by atoms with Gasteiger partial charge in [0.15, 0.2) is 0 Å². The number of nitrogens with zero attached hydrogens (tertiary/aromatic N) is 1. The van der Waals surface area contributed by atoms with Crippen molar-refractivity contribution in [3.8, 4) is 6.07 Å². The summed E-state index contributed by atoms with van der Waals surface area (Å²) in [4.78, 5) is 0. The Labute approximate surface area is 156 Å². The van der Waals surface area contributed by atoms with Gasteiger partial charge in [-0.25, -0.2) is 0 Å². The van der Waals surface area contributed by atoms with Gasteiger partial charge >= 0.3 is 0 Å². The second-order valence-corrected chi connectivity index (χ2v) is 7.89. The van der Waals surface area contributed by atoms with Crippen LogP contribution in [0.25, 0.3) is 0 Å². The van der Waals surface area contributed by atoms with Gasteiger partial charge in [0, 0.05) is 6.42 Å². The molecule has 1 nitrogen and oxygen atoms in total. The Morgan fingerprint density at radius 2 is 1.20 bits per heavy atom. The van der Waals surface area contributed by atoms with Gasteiger partial charge in [0.2, 0.25) is 0 Å². The average molecular weight is 342 g/mol. The molecule has 0 fully saturated rings. The number of benzene rings is 1. The van der Waals surface area contributed by atoms with E-state index in [4.69, 9.17) is 5.26 Å². The number of nitriles is 1. The van der Waals surface area contributed by atoms with E-state index in [0.717, 1.165) is 18.8 Å². The van der Waals surface area contributed by atoms with Crippen LogP contribution >= 0.6 is 0 Å². The summed E-state index contributed by atoms with van der Waals surface area (Å²) in [7, 11) is 0. The van der Waals surface area contributed by atoms with Crippen molar-refractivity contribution in [2.24, 2.45) is 5.92 Å². The highest BCUT2D eigenvalue weighted by molar-refractivity contribution is 5.27. The summed E-state index contributed by atoms with van der Waals surface area (Å²) in [6.45, 7) is 4.64. The summed E-state index contributed by atoms with van der Waals surface area (Å²) < 4.78 is 0. The molecule has 0 saturated carbocycles. The summed E-state index contributed by atoms with van der Waals surface area (Å²) in [5, 5.41) is 8.52. The number of hydrogen-bond donors (Lipinski definition) is 0. The molecule has 0 aliphatic heterocycles. The van der Waals surface area contributed by atoms with E-state index in [0.29, 0.717) is 0 Å². The van der Waals surface area contributed by atoms with Crippen LogP contribution in [-0.2, 0) is 12.8 Å². The highest BCUT2D eigenvalue weighted by Gasteiger charge is 2.02. The first-order valence-corrected chi connectivity index (χ1v) is 10.7. The fourth-order valence-electron chi connectivity index (χ4n) is 3.49. The quantitative estimate of drug-likeness (QED) is 0.301. The monoisotopic (exact) mass is 341 g/mol. The molecule has 140 valence electrons. The first kappa shape index (κ1) is 21.8. The van der Waals surface area contributed by atoms with Crippen LogP contribution in [0.4, 0.5) is 0 Å². The fourth-order valence-corrected chi connectivity index (χ4v) is 3.49. The lowest BCUT2D eigenvalue weighted by atomic mass is 9.96. The van der Waals surface area contributed by atoms with E-state index in [-0.39, 0.29) is 0 Å². The Bertz CT molecular complexity index is 469. The molecular formula is C24H39N. The molecule has 0 aliphatic carbocycles. The van der Waals surface area contributed by atoms with Gasteiger partial charge in [-0.05, 0) is 49.1 Å². The predicted octanol–water partition coefficient (Wildman–Crippen LogP) is 7.63. The van der Waals surface area contributed by atoms with Gasteiger partial charge in [0.25, 0.3) is 0 Å². The number of aryl methyl sites for hydroxylation is 2. The van der Waals surface area contributed by atoms with E-state index in [9.17, 15) is 0 Å². The van der Waals surface area contributed by atoms with Gasteiger partial charge in [0.05, 0.1) is 6.07 Å². The van der Waals surface area contributed by atoms with Crippen molar-refractivity contribution in [2.45, 2.75) is 104 Å². The van der Waals surface area contributed by atoms with Crippen LogP contribution in [-0.4, -0.2) is 0 Å². The third-order valence-corrected chi connectivity index (χ3v) is 5.08. The van der Waals surface area contributed by atoms with E-state index in [1.54, 1.807) is 11.1 Å². The van der Waals surface area contributed by atoms with E-state index in [1.807, 2.05) is 0 Å². The molecule has 1 aromatic carbocycles. The molecule has 0 aromatic heterocycles. The molecule has 0 amide bonds. The molecule has 1 heteroatoms. The summed E-state index contributed by atoms with van der Waals surface area (Å²) in [6.07, 6.45) is 17.7. The summed E-state index contributed by atoms with van der Waals surface area (Å²) in [5.74, 6) is 0.846. The molecule has 0 unspecified atom stereocenters. The Morgan fingerprint density at radius 1 is 0.720 bits per heavy atom. The van der Waals surface area contributed by atoms with Crippen molar-refractivity contribution >= 4 is 0 Å². The molecule has 1 rings (SSSR count). The van der Waals surface area contributed by atoms with E-state index >= 15 is 0 Å². The lowest BCUT2D eigenvalue weighted by molar-refractivity contribution is 0.526. The largest absolute Gasteiger partial charge is 0.198 e. The second-order valence-electron chi connectivity index (χ2n) is 7.89. The normalized spacial score (nSPS) is 11.0. The zero-order chi connectivity index (χ0) is 18.2. The van der Waals surface area contributed by atoms with Crippen molar-refractivity contribution in [2.75, 3.05) is 0 Å². The maximum atomic E-state index is 8.52. The van der Waals surface area contributed by atoms with Crippen molar-refractivity contribution in [1.29, 1.82) is 5.26 Å². The Kier molecular flexibility index (Phi) is 13.1. The van der Waals surface area contributed by atoms with Crippen LogP contribution in [0.15, 0.2) is 24.3 Å². The third kappa shape index (κ3) is 11.8. The number of rotatable bonds is 15. The van der Waals surface area contributed by atoms with Crippen LogP contribution < -0.4 is 0 Å². The SMILES string of the molecule is CC(C)CCCCCc1ccccc1CCCCCCCCCC#N. The van der Waals surface area contributed by atoms with E-state index < -0.39 is 0 Å². The minimum Gasteiger partial charge on any atom is -0.198 e. The molecule has 0 saturated heterocycles. The third-order valence-electron chi connectivity index (χ3n) is 5.08. The molecule has 1 aromatic rings. The van der Waals surface area contributed by atoms with E-state index in [1.165, 1.54) is 77.0 Å². The maximum Gasteiger partial charge on any atom is 0.0621 e. The molecule has 0 spiro atoms. The molecule has 0 heterocycles. The van der Waals surface area contributed by atoms with Gasteiger partial charge < -0.3 is 0 Å². The number of unbranched alkanes of at least 4 members (excludes halogenated alkanes) is 9. The lowest BCUT2D eigenvalue weighted by Gasteiger charge is -2.10. The van der Waals surface area contributed by atoms with Crippen LogP contribution in [0.2, 0.25) is 0 Å².